The molecule has 1 saturated heterocycles. The lowest BCUT2D eigenvalue weighted by molar-refractivity contribution is -0.122. The molecule has 1 heterocycles. The SMILES string of the molecule is COc1cccc(N2CC(NC(=O)CC(C)C)CC2=O)c1. The first-order valence-electron chi connectivity index (χ1n) is 7.23. The van der Waals surface area contributed by atoms with E-state index in [0.717, 1.165) is 5.69 Å². The fourth-order valence-corrected chi connectivity index (χ4v) is 2.49. The quantitative estimate of drug-likeness (QED) is 0.902. The number of hydrogen-bond acceptors (Lipinski definition) is 3. The molecule has 1 aliphatic heterocycles. The monoisotopic (exact) mass is 290 g/mol. The second kappa shape index (κ2) is 6.61. The summed E-state index contributed by atoms with van der Waals surface area (Å²) in [6.07, 6.45) is 0.838. The van der Waals surface area contributed by atoms with Crippen LogP contribution in [0.25, 0.3) is 0 Å². The third kappa shape index (κ3) is 3.97. The van der Waals surface area contributed by atoms with E-state index in [-0.39, 0.29) is 17.9 Å². The molecule has 0 aromatic heterocycles. The van der Waals surface area contributed by atoms with Crippen molar-refractivity contribution < 1.29 is 14.3 Å². The van der Waals surface area contributed by atoms with Gasteiger partial charge in [-0.05, 0) is 18.1 Å². The van der Waals surface area contributed by atoms with Gasteiger partial charge >= 0.3 is 0 Å². The predicted molar refractivity (Wildman–Crippen MR) is 81.3 cm³/mol. The predicted octanol–water partition coefficient (Wildman–Crippen LogP) is 1.96. The molecule has 0 aliphatic carbocycles. The van der Waals surface area contributed by atoms with Crippen LogP contribution >= 0.6 is 0 Å². The lowest BCUT2D eigenvalue weighted by Gasteiger charge is -2.18. The highest BCUT2D eigenvalue weighted by Crippen LogP contribution is 2.25. The molecule has 0 saturated carbocycles. The van der Waals surface area contributed by atoms with Crippen LogP contribution in [0, 0.1) is 5.92 Å². The first-order chi connectivity index (χ1) is 9.99. The summed E-state index contributed by atoms with van der Waals surface area (Å²) in [6, 6.07) is 7.28. The lowest BCUT2D eigenvalue weighted by Crippen LogP contribution is -2.37. The molecule has 1 aromatic carbocycles. The van der Waals surface area contributed by atoms with E-state index in [2.05, 4.69) is 5.32 Å². The van der Waals surface area contributed by atoms with Gasteiger partial charge in [-0.2, -0.15) is 0 Å². The summed E-state index contributed by atoms with van der Waals surface area (Å²) in [5, 5.41) is 2.94. The molecule has 2 rings (SSSR count). The number of amides is 2. The van der Waals surface area contributed by atoms with Crippen LogP contribution in [-0.2, 0) is 9.59 Å². The van der Waals surface area contributed by atoms with E-state index < -0.39 is 0 Å². The van der Waals surface area contributed by atoms with Gasteiger partial charge in [-0.3, -0.25) is 9.59 Å². The zero-order chi connectivity index (χ0) is 15.4. The first kappa shape index (κ1) is 15.4. The van der Waals surface area contributed by atoms with Gasteiger partial charge in [0.15, 0.2) is 0 Å². The van der Waals surface area contributed by atoms with Crippen molar-refractivity contribution in [3.63, 3.8) is 0 Å². The van der Waals surface area contributed by atoms with Crippen LogP contribution in [-0.4, -0.2) is 31.5 Å². The van der Waals surface area contributed by atoms with Gasteiger partial charge in [0.1, 0.15) is 5.75 Å². The minimum absolute atomic E-state index is 0.00953. The molecule has 0 spiro atoms. The second-order valence-corrected chi connectivity index (χ2v) is 5.77. The van der Waals surface area contributed by atoms with Crippen LogP contribution in [0.4, 0.5) is 5.69 Å². The number of anilines is 1. The number of rotatable bonds is 5. The summed E-state index contributed by atoms with van der Waals surface area (Å²) >= 11 is 0. The van der Waals surface area contributed by atoms with Crippen LogP contribution in [0.5, 0.6) is 5.75 Å². The Morgan fingerprint density at radius 2 is 2.24 bits per heavy atom. The van der Waals surface area contributed by atoms with Gasteiger partial charge in [-0.1, -0.05) is 19.9 Å². The largest absolute Gasteiger partial charge is 0.497 e. The van der Waals surface area contributed by atoms with E-state index in [1.807, 2.05) is 38.1 Å². The van der Waals surface area contributed by atoms with Crippen molar-refractivity contribution in [2.24, 2.45) is 5.92 Å². The molecule has 1 unspecified atom stereocenters. The number of hydrogen-bond donors (Lipinski definition) is 1. The number of nitrogens with one attached hydrogen (secondary N) is 1. The van der Waals surface area contributed by atoms with E-state index in [9.17, 15) is 9.59 Å². The Hall–Kier alpha value is -2.04. The third-order valence-corrected chi connectivity index (χ3v) is 3.45. The van der Waals surface area contributed by atoms with Gasteiger partial charge in [-0.15, -0.1) is 0 Å². The van der Waals surface area contributed by atoms with Crippen LogP contribution in [0.15, 0.2) is 24.3 Å². The van der Waals surface area contributed by atoms with Crippen molar-refractivity contribution in [3.8, 4) is 5.75 Å². The van der Waals surface area contributed by atoms with E-state index in [4.69, 9.17) is 4.74 Å². The van der Waals surface area contributed by atoms with Crippen molar-refractivity contribution >= 4 is 17.5 Å². The van der Waals surface area contributed by atoms with Crippen molar-refractivity contribution in [1.29, 1.82) is 0 Å². The highest BCUT2D eigenvalue weighted by atomic mass is 16.5. The summed E-state index contributed by atoms with van der Waals surface area (Å²) in [5.41, 5.74) is 0.806. The molecule has 114 valence electrons. The molecule has 5 heteroatoms. The van der Waals surface area contributed by atoms with Crippen LogP contribution in [0.1, 0.15) is 26.7 Å². The van der Waals surface area contributed by atoms with E-state index in [1.165, 1.54) is 0 Å². The minimum Gasteiger partial charge on any atom is -0.497 e. The maximum absolute atomic E-state index is 12.1. The lowest BCUT2D eigenvalue weighted by atomic mass is 10.1. The Morgan fingerprint density at radius 1 is 1.48 bits per heavy atom. The molecule has 1 aliphatic rings. The normalized spacial score (nSPS) is 18.2. The molecule has 1 fully saturated rings. The van der Waals surface area contributed by atoms with Crippen LogP contribution < -0.4 is 15.0 Å². The average molecular weight is 290 g/mol. The Balaban J connectivity index is 2.00. The van der Waals surface area contributed by atoms with Gasteiger partial charge < -0.3 is 15.0 Å². The van der Waals surface area contributed by atoms with E-state index in [1.54, 1.807) is 12.0 Å². The number of benzene rings is 1. The maximum atomic E-state index is 12.1. The molecule has 1 N–H and O–H groups in total. The van der Waals surface area contributed by atoms with E-state index in [0.29, 0.717) is 31.1 Å². The van der Waals surface area contributed by atoms with Gasteiger partial charge in [0.2, 0.25) is 11.8 Å². The van der Waals surface area contributed by atoms with Gasteiger partial charge in [0.05, 0.1) is 13.2 Å². The third-order valence-electron chi connectivity index (χ3n) is 3.45. The molecule has 0 bridgehead atoms. The molecule has 2 amide bonds. The number of methoxy groups -OCH3 is 1. The second-order valence-electron chi connectivity index (χ2n) is 5.77. The highest BCUT2D eigenvalue weighted by molar-refractivity contribution is 5.97. The number of nitrogens with zero attached hydrogens (tertiary/aromatic N) is 1. The molecule has 1 atom stereocenters. The number of carbonyl (C=O) groups excluding carboxylic acids is 2. The fraction of sp³-hybridized carbons (Fsp3) is 0.500. The summed E-state index contributed by atoms with van der Waals surface area (Å²) in [7, 11) is 1.60. The number of ether oxygens (including phenoxy) is 1. The Bertz CT molecular complexity index is 528. The molecule has 5 nitrogen and oxygen atoms in total. The Morgan fingerprint density at radius 3 is 2.90 bits per heavy atom. The van der Waals surface area contributed by atoms with Crippen LogP contribution in [0.2, 0.25) is 0 Å². The Kier molecular flexibility index (Phi) is 4.83. The van der Waals surface area contributed by atoms with Crippen molar-refractivity contribution in [2.75, 3.05) is 18.6 Å². The topological polar surface area (TPSA) is 58.6 Å². The number of carbonyl (C=O) groups is 2. The van der Waals surface area contributed by atoms with Gasteiger partial charge in [-0.25, -0.2) is 0 Å². The Labute approximate surface area is 125 Å². The summed E-state index contributed by atoms with van der Waals surface area (Å²) < 4.78 is 5.18. The van der Waals surface area contributed by atoms with Crippen LogP contribution in [0.3, 0.4) is 0 Å². The summed E-state index contributed by atoms with van der Waals surface area (Å²) in [4.78, 5) is 25.6. The molecular weight excluding hydrogens is 268 g/mol. The minimum atomic E-state index is -0.116. The molecule has 1 aromatic rings. The fourth-order valence-electron chi connectivity index (χ4n) is 2.49. The van der Waals surface area contributed by atoms with Crippen molar-refractivity contribution in [1.82, 2.24) is 5.32 Å². The van der Waals surface area contributed by atoms with Gasteiger partial charge in [0, 0.05) is 31.1 Å². The molecule has 0 radical (unpaired) electrons. The average Bonchev–Trinajstić information content (AvgIpc) is 2.78. The van der Waals surface area contributed by atoms with E-state index >= 15 is 0 Å². The molecule has 21 heavy (non-hydrogen) atoms. The zero-order valence-electron chi connectivity index (χ0n) is 12.8. The highest BCUT2D eigenvalue weighted by Gasteiger charge is 2.31. The van der Waals surface area contributed by atoms with Crippen molar-refractivity contribution in [3.05, 3.63) is 24.3 Å². The maximum Gasteiger partial charge on any atom is 0.229 e. The zero-order valence-corrected chi connectivity index (χ0v) is 12.8. The van der Waals surface area contributed by atoms with Gasteiger partial charge in [0.25, 0.3) is 0 Å². The summed E-state index contributed by atoms with van der Waals surface area (Å²) in [6.45, 7) is 4.51. The summed E-state index contributed by atoms with van der Waals surface area (Å²) in [5.74, 6) is 1.07. The molecular formula is C16H22N2O3. The van der Waals surface area contributed by atoms with Crippen molar-refractivity contribution in [2.45, 2.75) is 32.7 Å². The first-order valence-corrected chi connectivity index (χ1v) is 7.23. The standard InChI is InChI=1S/C16H22N2O3/c1-11(2)7-15(19)17-12-8-16(20)18(10-12)13-5-4-6-14(9-13)21-3/h4-6,9,11-12H,7-8,10H2,1-3H3,(H,17,19). The smallest absolute Gasteiger partial charge is 0.229 e.